The molecule has 0 spiro atoms. The molecule has 0 fully saturated rings. The first kappa shape index (κ1) is 17.5. The lowest BCUT2D eigenvalue weighted by atomic mass is 10.2. The lowest BCUT2D eigenvalue weighted by molar-refractivity contribution is -0.132. The maximum absolute atomic E-state index is 11.8. The molecule has 1 aromatic rings. The summed E-state index contributed by atoms with van der Waals surface area (Å²) in [6.07, 6.45) is 0.555. The number of carbonyl (C=O) groups excluding carboxylic acids is 2. The van der Waals surface area contributed by atoms with Crippen LogP contribution in [0.2, 0.25) is 5.02 Å². The number of hydrazine groups is 1. The van der Waals surface area contributed by atoms with Gasteiger partial charge in [-0.05, 0) is 37.6 Å². The number of nitrogens with one attached hydrogen (secondary N) is 2. The monoisotopic (exact) mass is 326 g/mol. The zero-order chi connectivity index (χ0) is 16.7. The van der Waals surface area contributed by atoms with Crippen molar-refractivity contribution in [2.75, 3.05) is 0 Å². The number of aryl methyl sites for hydroxylation is 1. The molecule has 2 amide bonds. The molecule has 3 N–H and O–H groups in total. The van der Waals surface area contributed by atoms with E-state index < -0.39 is 23.9 Å². The minimum absolute atomic E-state index is 0.490. The molecule has 7 nitrogen and oxygen atoms in total. The molecule has 0 heterocycles. The Morgan fingerprint density at radius 1 is 1.27 bits per heavy atom. The Hall–Kier alpha value is -2.54. The van der Waals surface area contributed by atoms with Crippen molar-refractivity contribution in [2.45, 2.75) is 20.0 Å². The van der Waals surface area contributed by atoms with Crippen LogP contribution in [0.1, 0.15) is 12.5 Å². The van der Waals surface area contributed by atoms with E-state index in [9.17, 15) is 14.4 Å². The number of carboxylic acid groups (broad SMARTS) is 1. The van der Waals surface area contributed by atoms with Crippen LogP contribution in [0.4, 0.5) is 0 Å². The smallest absolute Gasteiger partial charge is 0.328 e. The standard InChI is InChI=1S/C14H15ClN2O5/c1-8-7-10(15)3-4-11(8)22-9(2)14(21)17-16-12(18)5-6-13(19)20/h3-7,9H,1-2H3,(H,16,18)(H,17,21)(H,19,20). The molecule has 1 aromatic carbocycles. The van der Waals surface area contributed by atoms with E-state index in [0.29, 0.717) is 16.8 Å². The molecule has 1 rings (SSSR count). The Bertz CT molecular complexity index is 615. The van der Waals surface area contributed by atoms with Gasteiger partial charge >= 0.3 is 5.97 Å². The van der Waals surface area contributed by atoms with Crippen LogP contribution in [0.5, 0.6) is 5.75 Å². The summed E-state index contributed by atoms with van der Waals surface area (Å²) in [5.74, 6) is -2.14. The first-order valence-corrected chi connectivity index (χ1v) is 6.61. The van der Waals surface area contributed by atoms with E-state index in [0.717, 1.165) is 11.6 Å². The Kier molecular flexibility index (Phi) is 6.40. The van der Waals surface area contributed by atoms with Gasteiger partial charge in [0.05, 0.1) is 0 Å². The highest BCUT2D eigenvalue weighted by molar-refractivity contribution is 6.30. The third-order valence-corrected chi connectivity index (χ3v) is 2.73. The topological polar surface area (TPSA) is 105 Å². The largest absolute Gasteiger partial charge is 0.481 e. The number of hydrogen-bond donors (Lipinski definition) is 3. The van der Waals surface area contributed by atoms with Crippen LogP contribution in [-0.4, -0.2) is 29.0 Å². The number of carbonyl (C=O) groups is 3. The van der Waals surface area contributed by atoms with Crippen LogP contribution < -0.4 is 15.6 Å². The first-order chi connectivity index (χ1) is 10.3. The van der Waals surface area contributed by atoms with E-state index in [2.05, 4.69) is 5.43 Å². The van der Waals surface area contributed by atoms with E-state index in [-0.39, 0.29) is 0 Å². The molecule has 1 unspecified atom stereocenters. The number of halogens is 1. The number of hydrogen-bond acceptors (Lipinski definition) is 4. The third-order valence-electron chi connectivity index (χ3n) is 2.50. The number of rotatable bonds is 5. The molecule has 0 saturated carbocycles. The van der Waals surface area contributed by atoms with Crippen molar-refractivity contribution >= 4 is 29.4 Å². The van der Waals surface area contributed by atoms with Crippen molar-refractivity contribution in [2.24, 2.45) is 0 Å². The van der Waals surface area contributed by atoms with Crippen molar-refractivity contribution in [3.8, 4) is 5.75 Å². The first-order valence-electron chi connectivity index (χ1n) is 6.23. The second-order valence-corrected chi connectivity index (χ2v) is 4.76. The van der Waals surface area contributed by atoms with Gasteiger partial charge in [0.15, 0.2) is 6.10 Å². The maximum atomic E-state index is 11.8. The maximum Gasteiger partial charge on any atom is 0.328 e. The highest BCUT2D eigenvalue weighted by atomic mass is 35.5. The Balaban J connectivity index is 2.51. The lowest BCUT2D eigenvalue weighted by Gasteiger charge is -2.16. The van der Waals surface area contributed by atoms with E-state index in [1.165, 1.54) is 6.92 Å². The van der Waals surface area contributed by atoms with Crippen LogP contribution in [0.25, 0.3) is 0 Å². The predicted octanol–water partition coefficient (Wildman–Crippen LogP) is 1.20. The summed E-state index contributed by atoms with van der Waals surface area (Å²) in [5.41, 5.74) is 4.93. The van der Waals surface area contributed by atoms with E-state index in [1.54, 1.807) is 25.1 Å². The summed E-state index contributed by atoms with van der Waals surface area (Å²) in [7, 11) is 0. The Morgan fingerprint density at radius 2 is 1.95 bits per heavy atom. The second kappa shape index (κ2) is 8.04. The van der Waals surface area contributed by atoms with E-state index >= 15 is 0 Å². The van der Waals surface area contributed by atoms with Gasteiger partial charge in [-0.1, -0.05) is 11.6 Å². The molecule has 1 atom stereocenters. The van der Waals surface area contributed by atoms with Crippen LogP contribution in [-0.2, 0) is 14.4 Å². The molecular formula is C14H15ClN2O5. The Labute approximate surface area is 131 Å². The average Bonchev–Trinajstić information content (AvgIpc) is 2.45. The van der Waals surface area contributed by atoms with Crippen LogP contribution >= 0.6 is 11.6 Å². The molecular weight excluding hydrogens is 312 g/mol. The van der Waals surface area contributed by atoms with Crippen LogP contribution in [0, 0.1) is 6.92 Å². The van der Waals surface area contributed by atoms with Gasteiger partial charge in [0.1, 0.15) is 5.75 Å². The molecule has 0 saturated heterocycles. The lowest BCUT2D eigenvalue weighted by Crippen LogP contribution is -2.46. The summed E-state index contributed by atoms with van der Waals surface area (Å²) in [4.78, 5) is 33.2. The number of benzene rings is 1. The minimum atomic E-state index is -1.27. The predicted molar refractivity (Wildman–Crippen MR) is 79.3 cm³/mol. The molecule has 0 aliphatic rings. The SMILES string of the molecule is Cc1cc(Cl)ccc1OC(C)C(=O)NNC(=O)C=CC(=O)O. The molecule has 8 heteroatoms. The van der Waals surface area contributed by atoms with Crippen molar-refractivity contribution in [1.82, 2.24) is 10.9 Å². The highest BCUT2D eigenvalue weighted by Crippen LogP contribution is 2.22. The fraction of sp³-hybridized carbons (Fsp3) is 0.214. The normalized spacial score (nSPS) is 11.8. The van der Waals surface area contributed by atoms with E-state index in [1.807, 2.05) is 5.43 Å². The molecule has 0 bridgehead atoms. The summed E-state index contributed by atoms with van der Waals surface area (Å²) in [6.45, 7) is 3.28. The molecule has 0 radical (unpaired) electrons. The summed E-state index contributed by atoms with van der Waals surface area (Å²) >= 11 is 5.82. The molecule has 0 aliphatic carbocycles. The number of amides is 2. The fourth-order valence-electron chi connectivity index (χ4n) is 1.40. The van der Waals surface area contributed by atoms with Gasteiger partial charge in [-0.25, -0.2) is 4.79 Å². The molecule has 0 aromatic heterocycles. The summed E-state index contributed by atoms with van der Waals surface area (Å²) in [5, 5.41) is 8.91. The quantitative estimate of drug-likeness (QED) is 0.557. The van der Waals surface area contributed by atoms with Crippen molar-refractivity contribution in [3.05, 3.63) is 40.9 Å². The van der Waals surface area contributed by atoms with Crippen LogP contribution in [0.15, 0.2) is 30.4 Å². The van der Waals surface area contributed by atoms with Gasteiger partial charge in [0, 0.05) is 17.2 Å². The average molecular weight is 327 g/mol. The summed E-state index contributed by atoms with van der Waals surface area (Å²) < 4.78 is 5.46. The van der Waals surface area contributed by atoms with Gasteiger partial charge in [-0.2, -0.15) is 0 Å². The second-order valence-electron chi connectivity index (χ2n) is 4.32. The third kappa shape index (κ3) is 5.84. The molecule has 22 heavy (non-hydrogen) atoms. The van der Waals surface area contributed by atoms with Gasteiger partial charge < -0.3 is 9.84 Å². The molecule has 118 valence electrons. The molecule has 0 aliphatic heterocycles. The van der Waals surface area contributed by atoms with Crippen LogP contribution in [0.3, 0.4) is 0 Å². The highest BCUT2D eigenvalue weighted by Gasteiger charge is 2.16. The van der Waals surface area contributed by atoms with Crippen molar-refractivity contribution in [1.29, 1.82) is 0 Å². The van der Waals surface area contributed by atoms with Gasteiger partial charge in [0.2, 0.25) is 0 Å². The summed E-state index contributed by atoms with van der Waals surface area (Å²) in [6, 6.07) is 4.96. The van der Waals surface area contributed by atoms with Gasteiger partial charge in [-0.3, -0.25) is 20.4 Å². The van der Waals surface area contributed by atoms with E-state index in [4.69, 9.17) is 21.4 Å². The number of aliphatic carboxylic acids is 1. The number of carboxylic acids is 1. The van der Waals surface area contributed by atoms with Crippen molar-refractivity contribution in [3.63, 3.8) is 0 Å². The zero-order valence-corrected chi connectivity index (χ0v) is 12.7. The van der Waals surface area contributed by atoms with Gasteiger partial charge in [-0.15, -0.1) is 0 Å². The Morgan fingerprint density at radius 3 is 2.55 bits per heavy atom. The number of ether oxygens (including phenoxy) is 1. The van der Waals surface area contributed by atoms with Crippen molar-refractivity contribution < 1.29 is 24.2 Å². The van der Waals surface area contributed by atoms with Gasteiger partial charge in [0.25, 0.3) is 11.8 Å². The fourth-order valence-corrected chi connectivity index (χ4v) is 1.63. The zero-order valence-electron chi connectivity index (χ0n) is 11.9. The minimum Gasteiger partial charge on any atom is -0.481 e.